The zero-order chi connectivity index (χ0) is 9.64. The van der Waals surface area contributed by atoms with Crippen LogP contribution < -0.4 is 11.5 Å². The largest absolute Gasteiger partial charge is 0.369 e. The molecule has 13 heavy (non-hydrogen) atoms. The molecule has 4 heteroatoms. The lowest BCUT2D eigenvalue weighted by Gasteiger charge is -2.29. The van der Waals surface area contributed by atoms with Crippen molar-refractivity contribution in [2.45, 2.75) is 25.7 Å². The van der Waals surface area contributed by atoms with Gasteiger partial charge in [0.2, 0.25) is 11.8 Å². The molecule has 2 rings (SSSR count). The molecule has 0 saturated heterocycles. The molecule has 0 spiro atoms. The number of carbonyl (C=O) groups is 2. The van der Waals surface area contributed by atoms with Crippen LogP contribution in [-0.2, 0) is 9.59 Å². The van der Waals surface area contributed by atoms with Crippen LogP contribution in [0, 0.1) is 17.3 Å². The van der Waals surface area contributed by atoms with Crippen molar-refractivity contribution in [1.29, 1.82) is 0 Å². The topological polar surface area (TPSA) is 86.2 Å². The van der Waals surface area contributed by atoms with Crippen molar-refractivity contribution < 1.29 is 9.59 Å². The van der Waals surface area contributed by atoms with E-state index >= 15 is 0 Å². The Morgan fingerprint density at radius 3 is 2.38 bits per heavy atom. The molecule has 2 aliphatic rings. The molecule has 2 fully saturated rings. The molecule has 2 bridgehead atoms. The molecule has 0 radical (unpaired) electrons. The van der Waals surface area contributed by atoms with Gasteiger partial charge in [-0.2, -0.15) is 0 Å². The highest BCUT2D eigenvalue weighted by Gasteiger charge is 2.57. The molecule has 0 aliphatic heterocycles. The van der Waals surface area contributed by atoms with E-state index in [1.807, 2.05) is 0 Å². The second-order valence-corrected chi connectivity index (χ2v) is 4.32. The fraction of sp³-hybridized carbons (Fsp3) is 0.778. The number of primary amides is 2. The summed E-state index contributed by atoms with van der Waals surface area (Å²) in [6, 6.07) is 0. The Balaban J connectivity index is 2.32. The van der Waals surface area contributed by atoms with Crippen molar-refractivity contribution in [3.63, 3.8) is 0 Å². The van der Waals surface area contributed by atoms with Crippen LogP contribution in [0.5, 0.6) is 0 Å². The van der Waals surface area contributed by atoms with Crippen molar-refractivity contribution in [2.24, 2.45) is 28.7 Å². The second kappa shape index (κ2) is 2.47. The lowest BCUT2D eigenvalue weighted by Crippen LogP contribution is -2.44. The monoisotopic (exact) mass is 182 g/mol. The maximum Gasteiger partial charge on any atom is 0.224 e. The first kappa shape index (κ1) is 8.53. The molecule has 2 aliphatic carbocycles. The second-order valence-electron chi connectivity index (χ2n) is 4.32. The molecule has 4 N–H and O–H groups in total. The van der Waals surface area contributed by atoms with E-state index in [2.05, 4.69) is 0 Å². The minimum Gasteiger partial charge on any atom is -0.369 e. The number of hydrogen-bond donors (Lipinski definition) is 2. The highest BCUT2D eigenvalue weighted by Crippen LogP contribution is 2.57. The van der Waals surface area contributed by atoms with Gasteiger partial charge in [-0.3, -0.25) is 9.59 Å². The van der Waals surface area contributed by atoms with Crippen LogP contribution in [0.4, 0.5) is 0 Å². The van der Waals surface area contributed by atoms with Gasteiger partial charge in [0.15, 0.2) is 0 Å². The Morgan fingerprint density at radius 1 is 1.31 bits per heavy atom. The van der Waals surface area contributed by atoms with E-state index in [9.17, 15) is 9.59 Å². The minimum absolute atomic E-state index is 0.302. The molecule has 72 valence electrons. The molecule has 3 atom stereocenters. The van der Waals surface area contributed by atoms with E-state index < -0.39 is 5.41 Å². The maximum atomic E-state index is 11.3. The van der Waals surface area contributed by atoms with Crippen molar-refractivity contribution in [2.75, 3.05) is 0 Å². The summed E-state index contributed by atoms with van der Waals surface area (Å²) in [5.74, 6) is -0.508. The van der Waals surface area contributed by atoms with Crippen LogP contribution in [0.25, 0.3) is 0 Å². The van der Waals surface area contributed by atoms with E-state index in [1.54, 1.807) is 0 Å². The van der Waals surface area contributed by atoms with Crippen LogP contribution in [0.3, 0.4) is 0 Å². The van der Waals surface area contributed by atoms with Crippen LogP contribution in [0.1, 0.15) is 25.7 Å². The van der Waals surface area contributed by atoms with Crippen molar-refractivity contribution in [3.05, 3.63) is 0 Å². The van der Waals surface area contributed by atoms with Crippen molar-refractivity contribution in [3.8, 4) is 0 Å². The van der Waals surface area contributed by atoms with Gasteiger partial charge >= 0.3 is 0 Å². The van der Waals surface area contributed by atoms with Gasteiger partial charge in [-0.1, -0.05) is 0 Å². The molecule has 3 unspecified atom stereocenters. The van der Waals surface area contributed by atoms with Crippen LogP contribution in [-0.4, -0.2) is 11.8 Å². The SMILES string of the molecule is NC(=O)C1CC2CCC1(C(N)=O)C2. The predicted octanol–water partition coefficient (Wildman–Crippen LogP) is -0.237. The van der Waals surface area contributed by atoms with Gasteiger partial charge in [0.05, 0.1) is 11.3 Å². The van der Waals surface area contributed by atoms with E-state index in [1.165, 1.54) is 0 Å². The summed E-state index contributed by atoms with van der Waals surface area (Å²) in [5.41, 5.74) is 10.0. The molecular formula is C9H14N2O2. The summed E-state index contributed by atoms with van der Waals surface area (Å²) >= 11 is 0. The fourth-order valence-corrected chi connectivity index (χ4v) is 3.04. The highest BCUT2D eigenvalue weighted by atomic mass is 16.2. The zero-order valence-electron chi connectivity index (χ0n) is 7.45. The van der Waals surface area contributed by atoms with Gasteiger partial charge < -0.3 is 11.5 Å². The molecular weight excluding hydrogens is 168 g/mol. The summed E-state index contributed by atoms with van der Waals surface area (Å²) in [5, 5.41) is 0. The first-order valence-electron chi connectivity index (χ1n) is 4.65. The Bertz CT molecular complexity index is 277. The van der Waals surface area contributed by atoms with E-state index in [-0.39, 0.29) is 17.7 Å². The Morgan fingerprint density at radius 2 is 2.00 bits per heavy atom. The summed E-state index contributed by atoms with van der Waals surface area (Å²) in [6.45, 7) is 0. The minimum atomic E-state index is -0.587. The Kier molecular flexibility index (Phi) is 1.62. The smallest absolute Gasteiger partial charge is 0.224 e. The molecule has 0 aromatic rings. The number of amides is 2. The van der Waals surface area contributed by atoms with E-state index in [0.29, 0.717) is 5.92 Å². The Labute approximate surface area is 76.6 Å². The van der Waals surface area contributed by atoms with Crippen LogP contribution in [0.2, 0.25) is 0 Å². The molecule has 0 heterocycles. The molecule has 2 saturated carbocycles. The van der Waals surface area contributed by atoms with Crippen LogP contribution in [0.15, 0.2) is 0 Å². The quantitative estimate of drug-likeness (QED) is 0.617. The summed E-state index contributed by atoms with van der Waals surface area (Å²) in [6.07, 6.45) is 3.31. The number of rotatable bonds is 2. The van der Waals surface area contributed by atoms with E-state index in [0.717, 1.165) is 25.7 Å². The summed E-state index contributed by atoms with van der Waals surface area (Å²) in [4.78, 5) is 22.4. The molecule has 2 amide bonds. The van der Waals surface area contributed by atoms with Gasteiger partial charge in [-0.05, 0) is 31.6 Å². The van der Waals surface area contributed by atoms with Gasteiger partial charge in [0.25, 0.3) is 0 Å². The van der Waals surface area contributed by atoms with Gasteiger partial charge in [-0.15, -0.1) is 0 Å². The maximum absolute atomic E-state index is 11.3. The number of nitrogens with two attached hydrogens (primary N) is 2. The van der Waals surface area contributed by atoms with Gasteiger partial charge in [-0.25, -0.2) is 0 Å². The van der Waals surface area contributed by atoms with E-state index in [4.69, 9.17) is 11.5 Å². The average molecular weight is 182 g/mol. The molecule has 4 nitrogen and oxygen atoms in total. The third kappa shape index (κ3) is 0.975. The van der Waals surface area contributed by atoms with Gasteiger partial charge in [0.1, 0.15) is 0 Å². The third-order valence-electron chi connectivity index (χ3n) is 3.72. The molecule has 0 aromatic heterocycles. The lowest BCUT2D eigenvalue weighted by molar-refractivity contribution is -0.137. The number of carbonyl (C=O) groups excluding carboxylic acids is 2. The third-order valence-corrected chi connectivity index (χ3v) is 3.72. The number of hydrogen-bond acceptors (Lipinski definition) is 2. The first-order chi connectivity index (χ1) is 6.06. The lowest BCUT2D eigenvalue weighted by atomic mass is 9.74. The summed E-state index contributed by atoms with van der Waals surface area (Å²) < 4.78 is 0. The first-order valence-corrected chi connectivity index (χ1v) is 4.65. The fourth-order valence-electron chi connectivity index (χ4n) is 3.04. The summed E-state index contributed by atoms with van der Waals surface area (Å²) in [7, 11) is 0. The zero-order valence-corrected chi connectivity index (χ0v) is 7.45. The van der Waals surface area contributed by atoms with Gasteiger partial charge in [0, 0.05) is 0 Å². The predicted molar refractivity (Wildman–Crippen MR) is 46.3 cm³/mol. The van der Waals surface area contributed by atoms with Crippen molar-refractivity contribution in [1.82, 2.24) is 0 Å². The number of fused-ring (bicyclic) bond motifs is 2. The highest BCUT2D eigenvalue weighted by molar-refractivity contribution is 5.90. The van der Waals surface area contributed by atoms with Crippen LogP contribution >= 0.6 is 0 Å². The standard InChI is InChI=1S/C9H14N2O2/c10-7(12)6-3-5-1-2-9(6,4-5)8(11)13/h5-6H,1-4H2,(H2,10,12)(H2,11,13). The normalized spacial score (nSPS) is 42.2. The van der Waals surface area contributed by atoms with Crippen molar-refractivity contribution >= 4 is 11.8 Å². The average Bonchev–Trinajstić information content (AvgIpc) is 2.60. The molecule has 0 aromatic carbocycles. The Hall–Kier alpha value is -1.06.